The maximum atomic E-state index is 12.1. The molecule has 0 atom stereocenters. The quantitative estimate of drug-likeness (QED) is 0.350. The normalized spacial score (nSPS) is 16.9. The van der Waals surface area contributed by atoms with Gasteiger partial charge < -0.3 is 0 Å². The highest BCUT2D eigenvalue weighted by Gasteiger charge is 2.31. The summed E-state index contributed by atoms with van der Waals surface area (Å²) in [7, 11) is 0. The predicted molar refractivity (Wildman–Crippen MR) is 88.7 cm³/mol. The van der Waals surface area contributed by atoms with Crippen molar-refractivity contribution >= 4 is 69.2 Å². The molecule has 1 aliphatic rings. The minimum Gasteiger partial charge on any atom is -0.293 e. The van der Waals surface area contributed by atoms with E-state index in [1.54, 1.807) is 6.92 Å². The van der Waals surface area contributed by atoms with Gasteiger partial charge in [0.15, 0.2) is 0 Å². The highest BCUT2D eigenvalue weighted by atomic mass is 35.5. The van der Waals surface area contributed by atoms with Gasteiger partial charge in [-0.05, 0) is 19.1 Å². The van der Waals surface area contributed by atoms with Gasteiger partial charge in [-0.2, -0.15) is 0 Å². The van der Waals surface area contributed by atoms with E-state index in [-0.39, 0.29) is 27.2 Å². The van der Waals surface area contributed by atoms with Gasteiger partial charge in [0.2, 0.25) is 0 Å². The number of hydrogen-bond donors (Lipinski definition) is 0. The summed E-state index contributed by atoms with van der Waals surface area (Å²) >= 11 is 18.2. The molecule has 0 aliphatic carbocycles. The van der Waals surface area contributed by atoms with Crippen molar-refractivity contribution in [1.82, 2.24) is 4.90 Å². The number of carbonyl (C=O) groups excluding carboxylic acids is 1. The van der Waals surface area contributed by atoms with Gasteiger partial charge in [0.05, 0.1) is 9.83 Å². The highest BCUT2D eigenvalue weighted by molar-refractivity contribution is 8.26. The van der Waals surface area contributed by atoms with Crippen LogP contribution in [0.3, 0.4) is 0 Å². The number of halogens is 2. The second kappa shape index (κ2) is 6.31. The zero-order valence-electron chi connectivity index (χ0n) is 10.6. The molecular weight excluding hydrogens is 355 g/mol. The van der Waals surface area contributed by atoms with Crippen LogP contribution in [0.15, 0.2) is 17.0 Å². The average Bonchev–Trinajstić information content (AvgIpc) is 2.68. The van der Waals surface area contributed by atoms with Gasteiger partial charge in [-0.1, -0.05) is 47.2 Å². The number of thiocarbonyl (C=S) groups is 1. The zero-order valence-corrected chi connectivity index (χ0v) is 13.8. The first-order valence-corrected chi connectivity index (χ1v) is 7.72. The third-order valence-corrected chi connectivity index (χ3v) is 4.87. The van der Waals surface area contributed by atoms with Gasteiger partial charge >= 0.3 is 0 Å². The van der Waals surface area contributed by atoms with Crippen LogP contribution in [0.5, 0.6) is 0 Å². The predicted octanol–water partition coefficient (Wildman–Crippen LogP) is 4.12. The van der Waals surface area contributed by atoms with E-state index >= 15 is 0 Å². The third-order valence-electron chi connectivity index (χ3n) is 2.77. The maximum absolute atomic E-state index is 12.1. The van der Waals surface area contributed by atoms with Crippen molar-refractivity contribution < 1.29 is 9.72 Å². The van der Waals surface area contributed by atoms with Gasteiger partial charge in [0.1, 0.15) is 9.34 Å². The molecule has 1 aromatic carbocycles. The van der Waals surface area contributed by atoms with Crippen molar-refractivity contribution in [2.24, 2.45) is 0 Å². The number of carbonyl (C=O) groups is 1. The molecule has 1 amide bonds. The van der Waals surface area contributed by atoms with Crippen molar-refractivity contribution in [1.29, 1.82) is 0 Å². The maximum Gasteiger partial charge on any atom is 0.288 e. The Morgan fingerprint density at radius 1 is 1.48 bits per heavy atom. The summed E-state index contributed by atoms with van der Waals surface area (Å²) < 4.78 is 0.437. The molecule has 9 heteroatoms. The monoisotopic (exact) mass is 362 g/mol. The Morgan fingerprint density at radius 3 is 2.67 bits per heavy atom. The van der Waals surface area contributed by atoms with E-state index in [1.165, 1.54) is 23.1 Å². The second-order valence-corrected chi connectivity index (χ2v) is 6.44. The van der Waals surface area contributed by atoms with Gasteiger partial charge in [0, 0.05) is 23.2 Å². The van der Waals surface area contributed by atoms with Crippen molar-refractivity contribution in [2.75, 3.05) is 6.54 Å². The van der Waals surface area contributed by atoms with Crippen molar-refractivity contribution in [2.45, 2.75) is 6.92 Å². The molecule has 110 valence electrons. The number of likely N-dealkylation sites (N-methyl/N-ethyl adjacent to an activating group) is 1. The van der Waals surface area contributed by atoms with Crippen LogP contribution in [0.2, 0.25) is 10.0 Å². The Hall–Kier alpha value is -1.15. The number of nitro benzene ring substituents is 1. The minimum absolute atomic E-state index is 0.103. The molecule has 21 heavy (non-hydrogen) atoms. The molecule has 0 aromatic heterocycles. The lowest BCUT2D eigenvalue weighted by Gasteiger charge is -2.09. The van der Waals surface area contributed by atoms with Crippen LogP contribution in [0.25, 0.3) is 6.08 Å². The molecule has 0 unspecified atom stereocenters. The molecule has 0 radical (unpaired) electrons. The molecule has 1 aliphatic heterocycles. The van der Waals surface area contributed by atoms with Crippen LogP contribution in [-0.4, -0.2) is 26.6 Å². The number of nitrogens with zero attached hydrogens (tertiary/aromatic N) is 2. The lowest BCUT2D eigenvalue weighted by molar-refractivity contribution is -0.384. The van der Waals surface area contributed by atoms with E-state index in [2.05, 4.69) is 0 Å². The number of amides is 1. The molecule has 0 saturated carbocycles. The number of rotatable bonds is 3. The van der Waals surface area contributed by atoms with Gasteiger partial charge in [-0.15, -0.1) is 0 Å². The molecule has 0 bridgehead atoms. The summed E-state index contributed by atoms with van der Waals surface area (Å²) in [6, 6.07) is 2.59. The number of nitro groups is 1. The molecule has 2 rings (SSSR count). The van der Waals surface area contributed by atoms with E-state index in [0.717, 1.165) is 11.8 Å². The van der Waals surface area contributed by atoms with Crippen LogP contribution < -0.4 is 0 Å². The molecule has 1 aromatic rings. The highest BCUT2D eigenvalue weighted by Crippen LogP contribution is 2.38. The molecule has 1 heterocycles. The fraction of sp³-hybridized carbons (Fsp3) is 0.167. The number of hydrogen-bond acceptors (Lipinski definition) is 5. The lowest BCUT2D eigenvalue weighted by Crippen LogP contribution is -2.27. The van der Waals surface area contributed by atoms with Crippen LogP contribution in [0.4, 0.5) is 5.69 Å². The fourth-order valence-electron chi connectivity index (χ4n) is 1.73. The zero-order chi connectivity index (χ0) is 15.7. The first kappa shape index (κ1) is 16.2. The summed E-state index contributed by atoms with van der Waals surface area (Å²) in [5.74, 6) is -0.258. The lowest BCUT2D eigenvalue weighted by atomic mass is 10.1. The summed E-state index contributed by atoms with van der Waals surface area (Å²) in [4.78, 5) is 24.2. The molecule has 5 nitrogen and oxygen atoms in total. The van der Waals surface area contributed by atoms with Gasteiger partial charge in [0.25, 0.3) is 11.6 Å². The second-order valence-electron chi connectivity index (χ2n) is 3.98. The van der Waals surface area contributed by atoms with Gasteiger partial charge in [-0.3, -0.25) is 19.8 Å². The average molecular weight is 363 g/mol. The Bertz CT molecular complexity index is 691. The standard InChI is InChI=1S/C12H8Cl2N2O3S2/c1-2-15-11(17)9(21-12(15)20)5-6-7(13)3-4-8(10(6)14)16(18)19/h3-5H,2H2,1H3. The molecular formula is C12H8Cl2N2O3S2. The Labute approximate surface area is 140 Å². The largest absolute Gasteiger partial charge is 0.293 e. The van der Waals surface area contributed by atoms with Crippen molar-refractivity contribution in [3.63, 3.8) is 0 Å². The molecule has 1 fully saturated rings. The number of benzene rings is 1. The van der Waals surface area contributed by atoms with Crippen molar-refractivity contribution in [3.05, 3.63) is 42.8 Å². The summed E-state index contributed by atoms with van der Waals surface area (Å²) in [6.07, 6.45) is 1.44. The van der Waals surface area contributed by atoms with Crippen LogP contribution >= 0.6 is 47.2 Å². The van der Waals surface area contributed by atoms with Crippen LogP contribution in [-0.2, 0) is 4.79 Å². The van der Waals surface area contributed by atoms with E-state index < -0.39 is 4.92 Å². The third kappa shape index (κ3) is 3.06. The first-order chi connectivity index (χ1) is 9.86. The Morgan fingerprint density at radius 2 is 2.14 bits per heavy atom. The van der Waals surface area contributed by atoms with Crippen molar-refractivity contribution in [3.8, 4) is 0 Å². The van der Waals surface area contributed by atoms with E-state index in [4.69, 9.17) is 35.4 Å². The van der Waals surface area contributed by atoms with E-state index in [0.29, 0.717) is 15.8 Å². The Balaban J connectivity index is 2.51. The van der Waals surface area contributed by atoms with Gasteiger partial charge in [-0.25, -0.2) is 0 Å². The van der Waals surface area contributed by atoms with Crippen LogP contribution in [0, 0.1) is 10.1 Å². The topological polar surface area (TPSA) is 63.5 Å². The SMILES string of the molecule is CCN1C(=O)C(=Cc2c(Cl)ccc([N+](=O)[O-])c2Cl)SC1=S. The summed E-state index contributed by atoms with van der Waals surface area (Å²) in [6.45, 7) is 2.26. The molecule has 1 saturated heterocycles. The minimum atomic E-state index is -0.604. The smallest absolute Gasteiger partial charge is 0.288 e. The van der Waals surface area contributed by atoms with Crippen LogP contribution in [0.1, 0.15) is 12.5 Å². The molecule has 0 N–H and O–H groups in total. The number of thioether (sulfide) groups is 1. The Kier molecular flexibility index (Phi) is 4.88. The first-order valence-electron chi connectivity index (χ1n) is 5.74. The van der Waals surface area contributed by atoms with E-state index in [1.807, 2.05) is 0 Å². The fourth-order valence-corrected chi connectivity index (χ4v) is 3.65. The summed E-state index contributed by atoms with van der Waals surface area (Å²) in [5.41, 5.74) is -0.0255. The van der Waals surface area contributed by atoms with E-state index in [9.17, 15) is 14.9 Å². The summed E-state index contributed by atoms with van der Waals surface area (Å²) in [5, 5.41) is 11.0. The molecule has 0 spiro atoms.